The van der Waals surface area contributed by atoms with Crippen LogP contribution in [0.3, 0.4) is 0 Å². The fourth-order valence-corrected chi connectivity index (χ4v) is 5.54. The van der Waals surface area contributed by atoms with E-state index in [2.05, 4.69) is 4.74 Å². The number of halogens is 2. The molecule has 2 fully saturated rings. The van der Waals surface area contributed by atoms with E-state index in [9.17, 15) is 32.2 Å². The maximum absolute atomic E-state index is 13.2. The van der Waals surface area contributed by atoms with E-state index in [1.54, 1.807) is 27.7 Å². The molecule has 2 aliphatic rings. The standard InChI is InChI=1S/C18H30F2O9S/c1-16(2,23)13-9-5-10(14(13)17(3,4)24)7-11(6-9)28-8-12(21)29-15(22)18(19,20)30(25,26)27/h9-11,13-15,22-24H,5-8H2,1-4H3,(H,25,26,27). The van der Waals surface area contributed by atoms with Crippen LogP contribution in [0.15, 0.2) is 0 Å². The molecular weight excluding hydrogens is 430 g/mol. The third kappa shape index (κ3) is 5.28. The minimum atomic E-state index is -5.98. The molecule has 0 spiro atoms. The number of alkyl halides is 2. The van der Waals surface area contributed by atoms with E-state index < -0.39 is 51.5 Å². The summed E-state index contributed by atoms with van der Waals surface area (Å²) >= 11 is 0. The number of ether oxygens (including phenoxy) is 2. The fourth-order valence-electron chi connectivity index (χ4n) is 5.23. The Kier molecular flexibility index (Phi) is 6.94. The summed E-state index contributed by atoms with van der Waals surface area (Å²) < 4.78 is 65.4. The van der Waals surface area contributed by atoms with Crippen molar-refractivity contribution in [2.24, 2.45) is 23.7 Å². The first-order chi connectivity index (χ1) is 13.4. The van der Waals surface area contributed by atoms with E-state index in [1.807, 2.05) is 0 Å². The van der Waals surface area contributed by atoms with E-state index >= 15 is 0 Å². The maximum atomic E-state index is 13.2. The van der Waals surface area contributed by atoms with Crippen LogP contribution in [-0.2, 0) is 24.4 Å². The molecular formula is C18H30F2O9S. The lowest BCUT2D eigenvalue weighted by Crippen LogP contribution is -2.46. The minimum Gasteiger partial charge on any atom is -0.426 e. The van der Waals surface area contributed by atoms with Crippen molar-refractivity contribution in [2.45, 2.75) is 75.8 Å². The molecule has 0 aliphatic heterocycles. The van der Waals surface area contributed by atoms with Gasteiger partial charge in [-0.1, -0.05) is 0 Å². The summed E-state index contributed by atoms with van der Waals surface area (Å²) in [6.07, 6.45) is -2.15. The molecule has 0 saturated heterocycles. The lowest BCUT2D eigenvalue weighted by molar-refractivity contribution is -0.210. The van der Waals surface area contributed by atoms with Gasteiger partial charge in [0, 0.05) is 0 Å². The van der Waals surface area contributed by atoms with Crippen LogP contribution in [-0.4, -0.2) is 69.7 Å². The van der Waals surface area contributed by atoms with E-state index in [1.165, 1.54) is 0 Å². The van der Waals surface area contributed by atoms with E-state index in [0.717, 1.165) is 6.42 Å². The molecule has 2 aliphatic carbocycles. The van der Waals surface area contributed by atoms with Crippen LogP contribution in [0.25, 0.3) is 0 Å². The van der Waals surface area contributed by atoms with Crippen molar-refractivity contribution in [3.63, 3.8) is 0 Å². The number of carbonyl (C=O) groups is 1. The normalized spacial score (nSPS) is 31.5. The van der Waals surface area contributed by atoms with E-state index in [-0.39, 0.29) is 23.7 Å². The molecule has 30 heavy (non-hydrogen) atoms. The topological polar surface area (TPSA) is 151 Å². The number of aliphatic hydroxyl groups excluding tert-OH is 1. The zero-order valence-electron chi connectivity index (χ0n) is 17.3. The molecule has 2 rings (SSSR count). The number of esters is 1. The molecule has 0 aromatic carbocycles. The first-order valence-corrected chi connectivity index (χ1v) is 11.1. The zero-order valence-corrected chi connectivity index (χ0v) is 18.1. The van der Waals surface area contributed by atoms with Gasteiger partial charge in [0.1, 0.15) is 6.61 Å². The van der Waals surface area contributed by atoms with Crippen LogP contribution in [0.1, 0.15) is 47.0 Å². The van der Waals surface area contributed by atoms with Gasteiger partial charge in [-0.3, -0.25) is 4.55 Å². The highest BCUT2D eigenvalue weighted by Gasteiger charge is 2.57. The molecule has 0 amide bonds. The van der Waals surface area contributed by atoms with Gasteiger partial charge in [0.15, 0.2) is 0 Å². The molecule has 5 atom stereocenters. The van der Waals surface area contributed by atoms with Crippen molar-refractivity contribution in [1.82, 2.24) is 0 Å². The Morgan fingerprint density at radius 3 is 1.83 bits per heavy atom. The summed E-state index contributed by atoms with van der Waals surface area (Å²) in [7, 11) is -5.98. The number of aliphatic hydroxyl groups is 3. The molecule has 9 nitrogen and oxygen atoms in total. The van der Waals surface area contributed by atoms with E-state index in [0.29, 0.717) is 12.8 Å². The van der Waals surface area contributed by atoms with Gasteiger partial charge in [0.2, 0.25) is 0 Å². The second-order valence-electron chi connectivity index (χ2n) is 9.40. The molecule has 0 aromatic rings. The summed E-state index contributed by atoms with van der Waals surface area (Å²) in [4.78, 5) is 11.7. The largest absolute Gasteiger partial charge is 0.430 e. The lowest BCUT2D eigenvalue weighted by atomic mass is 9.70. The van der Waals surface area contributed by atoms with Crippen molar-refractivity contribution in [1.29, 1.82) is 0 Å². The third-order valence-electron chi connectivity index (χ3n) is 6.08. The SMILES string of the molecule is CC(C)(O)C1C2CC(OCC(=O)OC(O)C(F)(F)S(=O)(=O)O)CC(C2)C1C(C)(C)O. The number of hydrogen-bond acceptors (Lipinski definition) is 8. The molecule has 2 bridgehead atoms. The first kappa shape index (κ1) is 25.3. The molecule has 4 N–H and O–H groups in total. The van der Waals surface area contributed by atoms with Gasteiger partial charge in [-0.2, -0.15) is 17.2 Å². The Morgan fingerprint density at radius 2 is 1.47 bits per heavy atom. The van der Waals surface area contributed by atoms with Crippen LogP contribution in [0.5, 0.6) is 0 Å². The second-order valence-corrected chi connectivity index (χ2v) is 10.9. The number of rotatable bonds is 8. The molecule has 0 aromatic heterocycles. The molecule has 0 radical (unpaired) electrons. The number of hydrogen-bond donors (Lipinski definition) is 4. The van der Waals surface area contributed by atoms with Gasteiger partial charge in [0.05, 0.1) is 17.3 Å². The van der Waals surface area contributed by atoms with Gasteiger partial charge in [-0.25, -0.2) is 4.79 Å². The van der Waals surface area contributed by atoms with Crippen molar-refractivity contribution < 1.29 is 51.3 Å². The smallest absolute Gasteiger partial charge is 0.426 e. The van der Waals surface area contributed by atoms with Crippen molar-refractivity contribution >= 4 is 16.1 Å². The highest BCUT2D eigenvalue weighted by atomic mass is 32.2. The quantitative estimate of drug-likeness (QED) is 0.235. The monoisotopic (exact) mass is 460 g/mol. The predicted octanol–water partition coefficient (Wildman–Crippen LogP) is 0.918. The summed E-state index contributed by atoms with van der Waals surface area (Å²) in [5, 5.41) is 25.3. The van der Waals surface area contributed by atoms with Crippen molar-refractivity contribution in [3.05, 3.63) is 0 Å². The predicted molar refractivity (Wildman–Crippen MR) is 98.7 cm³/mol. The number of carbonyl (C=O) groups excluding carboxylic acids is 1. The Bertz CT molecular complexity index is 714. The number of fused-ring (bicyclic) bond motifs is 2. The summed E-state index contributed by atoms with van der Waals surface area (Å²) in [6, 6.07) is 0. The van der Waals surface area contributed by atoms with Gasteiger partial charge in [0.25, 0.3) is 6.29 Å². The third-order valence-corrected chi connectivity index (χ3v) is 6.97. The molecule has 2 saturated carbocycles. The average Bonchev–Trinajstić information content (AvgIpc) is 2.82. The highest BCUT2D eigenvalue weighted by molar-refractivity contribution is 7.86. The maximum Gasteiger partial charge on any atom is 0.430 e. The van der Waals surface area contributed by atoms with Crippen LogP contribution in [0.4, 0.5) is 8.78 Å². The van der Waals surface area contributed by atoms with Gasteiger partial charge in [-0.05, 0) is 70.6 Å². The first-order valence-electron chi connectivity index (χ1n) is 9.64. The van der Waals surface area contributed by atoms with Crippen LogP contribution in [0, 0.1) is 23.7 Å². The van der Waals surface area contributed by atoms with Gasteiger partial charge in [-0.15, -0.1) is 0 Å². The molecule has 0 heterocycles. The molecule has 5 unspecified atom stereocenters. The summed E-state index contributed by atoms with van der Waals surface area (Å²) in [5.74, 6) is -1.83. The summed E-state index contributed by atoms with van der Waals surface area (Å²) in [5.41, 5.74) is -2.10. The average molecular weight is 460 g/mol. The van der Waals surface area contributed by atoms with E-state index in [4.69, 9.17) is 14.4 Å². The van der Waals surface area contributed by atoms with Crippen molar-refractivity contribution in [2.75, 3.05) is 6.61 Å². The second kappa shape index (κ2) is 8.21. The van der Waals surface area contributed by atoms with Crippen LogP contribution in [0.2, 0.25) is 0 Å². The van der Waals surface area contributed by atoms with Crippen LogP contribution >= 0.6 is 0 Å². The molecule has 12 heteroatoms. The Hall–Kier alpha value is -0.920. The zero-order chi connectivity index (χ0) is 23.3. The lowest BCUT2D eigenvalue weighted by Gasteiger charge is -2.40. The Balaban J connectivity index is 2.00. The fraction of sp³-hybridized carbons (Fsp3) is 0.944. The van der Waals surface area contributed by atoms with Crippen molar-refractivity contribution in [3.8, 4) is 0 Å². The Morgan fingerprint density at radius 1 is 1.03 bits per heavy atom. The molecule has 176 valence electrons. The minimum absolute atomic E-state index is 0.00986. The van der Waals surface area contributed by atoms with Gasteiger partial charge >= 0.3 is 21.3 Å². The summed E-state index contributed by atoms with van der Waals surface area (Å²) in [6.45, 7) is 5.91. The highest BCUT2D eigenvalue weighted by Crippen LogP contribution is 2.57. The van der Waals surface area contributed by atoms with Crippen LogP contribution < -0.4 is 0 Å². The Labute approximate surface area is 174 Å². The van der Waals surface area contributed by atoms with Gasteiger partial charge < -0.3 is 24.8 Å².